The highest BCUT2D eigenvalue weighted by atomic mass is 16.5. The molecule has 3 heteroatoms. The summed E-state index contributed by atoms with van der Waals surface area (Å²) in [5, 5.41) is 3.42. The predicted molar refractivity (Wildman–Crippen MR) is 71.5 cm³/mol. The first kappa shape index (κ1) is 13.1. The van der Waals surface area contributed by atoms with Crippen LogP contribution in [0.25, 0.3) is 0 Å². The minimum absolute atomic E-state index is 0.104. The maximum atomic E-state index is 12.1. The first-order chi connectivity index (χ1) is 8.74. The van der Waals surface area contributed by atoms with Crippen LogP contribution in [0.5, 0.6) is 0 Å². The third-order valence-electron chi connectivity index (χ3n) is 3.79. The molecule has 0 saturated carbocycles. The van der Waals surface area contributed by atoms with Gasteiger partial charge in [0.1, 0.15) is 12.1 Å². The fraction of sp³-hybridized carbons (Fsp3) is 0.533. The van der Waals surface area contributed by atoms with Crippen molar-refractivity contribution >= 4 is 5.97 Å². The number of ether oxygens (including phenoxy) is 1. The Morgan fingerprint density at radius 1 is 1.33 bits per heavy atom. The van der Waals surface area contributed by atoms with Crippen molar-refractivity contribution in [1.29, 1.82) is 0 Å². The van der Waals surface area contributed by atoms with Crippen LogP contribution in [0.2, 0.25) is 0 Å². The summed E-state index contributed by atoms with van der Waals surface area (Å²) in [4.78, 5) is 12.1. The molecule has 2 rings (SSSR count). The van der Waals surface area contributed by atoms with Crippen LogP contribution < -0.4 is 5.32 Å². The Balaban J connectivity index is 2.31. The van der Waals surface area contributed by atoms with Crippen molar-refractivity contribution in [3.63, 3.8) is 0 Å². The molecule has 1 fully saturated rings. The van der Waals surface area contributed by atoms with Gasteiger partial charge in [0.2, 0.25) is 0 Å². The summed E-state index contributed by atoms with van der Waals surface area (Å²) in [6.07, 6.45) is 1.77. The van der Waals surface area contributed by atoms with Crippen molar-refractivity contribution in [2.24, 2.45) is 0 Å². The zero-order chi connectivity index (χ0) is 13.0. The zero-order valence-corrected chi connectivity index (χ0v) is 11.1. The summed E-state index contributed by atoms with van der Waals surface area (Å²) in [5.74, 6) is 0.00931. The quantitative estimate of drug-likeness (QED) is 0.812. The van der Waals surface area contributed by atoms with Crippen LogP contribution in [0.4, 0.5) is 0 Å². The molecule has 3 nitrogen and oxygen atoms in total. The summed E-state index contributed by atoms with van der Waals surface area (Å²) >= 11 is 0. The Morgan fingerprint density at radius 2 is 2.06 bits per heavy atom. The fourth-order valence-electron chi connectivity index (χ4n) is 2.70. The Kier molecular flexibility index (Phi) is 4.02. The average molecular weight is 247 g/mol. The molecule has 1 saturated heterocycles. The lowest BCUT2D eigenvalue weighted by Crippen LogP contribution is -2.52. The molecule has 0 amide bonds. The van der Waals surface area contributed by atoms with Crippen LogP contribution in [-0.2, 0) is 9.53 Å². The first-order valence-electron chi connectivity index (χ1n) is 6.71. The number of nitrogens with one attached hydrogen (secondary N) is 1. The number of carbonyl (C=O) groups is 1. The van der Waals surface area contributed by atoms with E-state index in [-0.39, 0.29) is 11.9 Å². The molecule has 0 radical (unpaired) electrons. The maximum absolute atomic E-state index is 12.1. The summed E-state index contributed by atoms with van der Waals surface area (Å²) in [7, 11) is 0. The number of rotatable bonds is 5. The highest BCUT2D eigenvalue weighted by Crippen LogP contribution is 2.37. The minimum atomic E-state index is -0.544. The molecule has 1 aliphatic rings. The van der Waals surface area contributed by atoms with Gasteiger partial charge in [0, 0.05) is 5.92 Å². The monoisotopic (exact) mass is 247 g/mol. The Bertz CT molecular complexity index is 404. The van der Waals surface area contributed by atoms with E-state index in [0.717, 1.165) is 19.4 Å². The van der Waals surface area contributed by atoms with Crippen LogP contribution in [0, 0.1) is 0 Å². The van der Waals surface area contributed by atoms with Crippen LogP contribution in [-0.4, -0.2) is 24.7 Å². The molecule has 2 atom stereocenters. The second kappa shape index (κ2) is 5.53. The Morgan fingerprint density at radius 3 is 2.67 bits per heavy atom. The lowest BCUT2D eigenvalue weighted by atomic mass is 9.79. The van der Waals surface area contributed by atoms with E-state index in [1.54, 1.807) is 0 Å². The van der Waals surface area contributed by atoms with Gasteiger partial charge < -0.3 is 10.1 Å². The largest absolute Gasteiger partial charge is 0.464 e. The summed E-state index contributed by atoms with van der Waals surface area (Å²) < 4.78 is 5.32. The SMILES string of the molecule is CCCNC1(CC)C(=O)OCC1c1ccccc1. The summed E-state index contributed by atoms with van der Waals surface area (Å²) in [6, 6.07) is 10.2. The van der Waals surface area contributed by atoms with Crippen LogP contribution in [0.1, 0.15) is 38.2 Å². The third kappa shape index (κ3) is 2.15. The van der Waals surface area contributed by atoms with E-state index < -0.39 is 5.54 Å². The lowest BCUT2D eigenvalue weighted by molar-refractivity contribution is -0.143. The number of hydrogen-bond acceptors (Lipinski definition) is 3. The van der Waals surface area contributed by atoms with Gasteiger partial charge in [-0.15, -0.1) is 0 Å². The van der Waals surface area contributed by atoms with Gasteiger partial charge in [0.05, 0.1) is 0 Å². The standard InChI is InChI=1S/C15H21NO2/c1-3-10-16-15(4-2)13(11-18-14(15)17)12-8-6-5-7-9-12/h5-9,13,16H,3-4,10-11H2,1-2H3. The molecule has 0 aromatic heterocycles. The maximum Gasteiger partial charge on any atom is 0.327 e. The van der Waals surface area contributed by atoms with E-state index in [1.807, 2.05) is 25.1 Å². The van der Waals surface area contributed by atoms with E-state index in [4.69, 9.17) is 4.74 Å². The van der Waals surface area contributed by atoms with E-state index in [0.29, 0.717) is 6.61 Å². The van der Waals surface area contributed by atoms with Gasteiger partial charge in [-0.3, -0.25) is 4.79 Å². The van der Waals surface area contributed by atoms with Crippen LogP contribution in [0.3, 0.4) is 0 Å². The van der Waals surface area contributed by atoms with Crippen LogP contribution in [0.15, 0.2) is 30.3 Å². The molecule has 1 heterocycles. The van der Waals surface area contributed by atoms with Gasteiger partial charge in [-0.25, -0.2) is 0 Å². The molecule has 2 unspecified atom stereocenters. The second-order valence-corrected chi connectivity index (χ2v) is 4.81. The van der Waals surface area contributed by atoms with E-state index in [9.17, 15) is 4.79 Å². The van der Waals surface area contributed by atoms with Gasteiger partial charge in [-0.1, -0.05) is 44.2 Å². The van der Waals surface area contributed by atoms with Gasteiger partial charge in [-0.05, 0) is 24.9 Å². The minimum Gasteiger partial charge on any atom is -0.464 e. The molecule has 98 valence electrons. The van der Waals surface area contributed by atoms with Crippen molar-refractivity contribution < 1.29 is 9.53 Å². The fourth-order valence-corrected chi connectivity index (χ4v) is 2.70. The van der Waals surface area contributed by atoms with Crippen molar-refractivity contribution in [3.05, 3.63) is 35.9 Å². The molecule has 0 aliphatic carbocycles. The molecule has 1 aromatic carbocycles. The van der Waals surface area contributed by atoms with Gasteiger partial charge in [-0.2, -0.15) is 0 Å². The smallest absolute Gasteiger partial charge is 0.327 e. The van der Waals surface area contributed by atoms with Gasteiger partial charge in [0.25, 0.3) is 0 Å². The first-order valence-corrected chi connectivity index (χ1v) is 6.71. The molecule has 1 N–H and O–H groups in total. The number of carbonyl (C=O) groups excluding carboxylic acids is 1. The van der Waals surface area contributed by atoms with Gasteiger partial charge >= 0.3 is 5.97 Å². The predicted octanol–water partition coefficient (Wildman–Crippen LogP) is 2.48. The average Bonchev–Trinajstić information content (AvgIpc) is 2.75. The van der Waals surface area contributed by atoms with E-state index >= 15 is 0 Å². The molecular weight excluding hydrogens is 226 g/mol. The molecule has 1 aliphatic heterocycles. The summed E-state index contributed by atoms with van der Waals surface area (Å²) in [5.41, 5.74) is 0.631. The summed E-state index contributed by atoms with van der Waals surface area (Å²) in [6.45, 7) is 5.47. The van der Waals surface area contributed by atoms with Crippen LogP contribution >= 0.6 is 0 Å². The number of benzene rings is 1. The molecular formula is C15H21NO2. The lowest BCUT2D eigenvalue weighted by Gasteiger charge is -2.31. The van der Waals surface area contributed by atoms with Crippen molar-refractivity contribution in [1.82, 2.24) is 5.32 Å². The highest BCUT2D eigenvalue weighted by Gasteiger charge is 2.51. The molecule has 1 aromatic rings. The van der Waals surface area contributed by atoms with Crippen molar-refractivity contribution in [2.75, 3.05) is 13.2 Å². The Labute approximate surface area is 109 Å². The zero-order valence-electron chi connectivity index (χ0n) is 11.1. The second-order valence-electron chi connectivity index (χ2n) is 4.81. The van der Waals surface area contributed by atoms with E-state index in [2.05, 4.69) is 24.4 Å². The molecule has 0 spiro atoms. The van der Waals surface area contributed by atoms with Gasteiger partial charge in [0.15, 0.2) is 0 Å². The number of hydrogen-bond donors (Lipinski definition) is 1. The topological polar surface area (TPSA) is 38.3 Å². The number of cyclic esters (lactones) is 1. The van der Waals surface area contributed by atoms with Crippen molar-refractivity contribution in [3.8, 4) is 0 Å². The normalized spacial score (nSPS) is 27.2. The Hall–Kier alpha value is -1.35. The highest BCUT2D eigenvalue weighted by molar-refractivity contribution is 5.84. The third-order valence-corrected chi connectivity index (χ3v) is 3.79. The molecule has 18 heavy (non-hydrogen) atoms. The van der Waals surface area contributed by atoms with Crippen molar-refractivity contribution in [2.45, 2.75) is 38.1 Å². The number of esters is 1. The molecule has 0 bridgehead atoms. The van der Waals surface area contributed by atoms with E-state index in [1.165, 1.54) is 5.56 Å².